The van der Waals surface area contributed by atoms with Gasteiger partial charge < -0.3 is 15.0 Å². The Labute approximate surface area is 166 Å². The molecule has 1 heterocycles. The molecule has 2 aromatic carbocycles. The molecule has 0 bridgehead atoms. The maximum absolute atomic E-state index is 13.6. The Hall–Kier alpha value is -2.60. The Morgan fingerprint density at radius 2 is 1.75 bits per heavy atom. The van der Waals surface area contributed by atoms with Gasteiger partial charge in [0.2, 0.25) is 0 Å². The topological polar surface area (TPSA) is 44.8 Å². The zero-order valence-electron chi connectivity index (χ0n) is 16.4. The second-order valence-corrected chi connectivity index (χ2v) is 7.00. The lowest BCUT2D eigenvalue weighted by Gasteiger charge is -2.34. The minimum Gasteiger partial charge on any atom is -0.497 e. The van der Waals surface area contributed by atoms with Crippen LogP contribution in [0.15, 0.2) is 48.5 Å². The van der Waals surface area contributed by atoms with Gasteiger partial charge in [0.05, 0.1) is 7.11 Å². The van der Waals surface area contributed by atoms with Gasteiger partial charge in [-0.2, -0.15) is 0 Å². The van der Waals surface area contributed by atoms with E-state index in [0.717, 1.165) is 31.8 Å². The lowest BCUT2D eigenvalue weighted by Crippen LogP contribution is -2.52. The van der Waals surface area contributed by atoms with Crippen LogP contribution in [0.25, 0.3) is 0 Å². The van der Waals surface area contributed by atoms with Crippen molar-refractivity contribution in [2.75, 3.05) is 46.4 Å². The number of carbonyl (C=O) groups is 1. The molecule has 6 heteroatoms. The largest absolute Gasteiger partial charge is 0.497 e. The summed E-state index contributed by atoms with van der Waals surface area (Å²) in [6.45, 7) is 4.60. The minimum absolute atomic E-state index is 0.0638. The summed E-state index contributed by atoms with van der Waals surface area (Å²) >= 11 is 0. The number of nitrogens with one attached hydrogen (secondary N) is 1. The first-order valence-electron chi connectivity index (χ1n) is 9.77. The molecule has 0 aromatic heterocycles. The van der Waals surface area contributed by atoms with E-state index in [4.69, 9.17) is 4.74 Å². The van der Waals surface area contributed by atoms with Gasteiger partial charge in [0.25, 0.3) is 0 Å². The van der Waals surface area contributed by atoms with Crippen LogP contribution in [0.2, 0.25) is 0 Å². The number of carbonyl (C=O) groups excluding carboxylic acids is 1. The van der Waals surface area contributed by atoms with E-state index in [1.807, 2.05) is 23.1 Å². The Morgan fingerprint density at radius 1 is 1.04 bits per heavy atom. The van der Waals surface area contributed by atoms with Crippen molar-refractivity contribution in [3.63, 3.8) is 0 Å². The third-order valence-electron chi connectivity index (χ3n) is 5.16. The first-order valence-corrected chi connectivity index (χ1v) is 9.77. The molecule has 5 nitrogen and oxygen atoms in total. The maximum atomic E-state index is 13.6. The van der Waals surface area contributed by atoms with E-state index in [1.54, 1.807) is 19.2 Å². The van der Waals surface area contributed by atoms with Crippen molar-refractivity contribution < 1.29 is 13.9 Å². The Kier molecular flexibility index (Phi) is 7.25. The smallest absolute Gasteiger partial charge is 0.317 e. The average molecular weight is 385 g/mol. The van der Waals surface area contributed by atoms with E-state index in [2.05, 4.69) is 22.3 Å². The van der Waals surface area contributed by atoms with Gasteiger partial charge in [-0.05, 0) is 42.2 Å². The highest BCUT2D eigenvalue weighted by Crippen LogP contribution is 2.12. The lowest BCUT2D eigenvalue weighted by atomic mass is 10.1. The fourth-order valence-corrected chi connectivity index (χ4v) is 3.37. The van der Waals surface area contributed by atoms with Crippen LogP contribution in [-0.4, -0.2) is 62.2 Å². The zero-order valence-corrected chi connectivity index (χ0v) is 16.4. The highest BCUT2D eigenvalue weighted by molar-refractivity contribution is 5.74. The molecule has 0 unspecified atom stereocenters. The molecule has 1 fully saturated rings. The van der Waals surface area contributed by atoms with Crippen molar-refractivity contribution in [1.29, 1.82) is 0 Å². The molecule has 1 N–H and O–H groups in total. The summed E-state index contributed by atoms with van der Waals surface area (Å²) in [7, 11) is 1.67. The summed E-state index contributed by atoms with van der Waals surface area (Å²) in [6.07, 6.45) is 1.49. The van der Waals surface area contributed by atoms with E-state index in [0.29, 0.717) is 31.6 Å². The molecule has 0 radical (unpaired) electrons. The summed E-state index contributed by atoms with van der Waals surface area (Å²) < 4.78 is 18.8. The number of ether oxygens (including phenoxy) is 1. The maximum Gasteiger partial charge on any atom is 0.317 e. The van der Waals surface area contributed by atoms with Gasteiger partial charge >= 0.3 is 6.03 Å². The van der Waals surface area contributed by atoms with Crippen LogP contribution in [-0.2, 0) is 12.8 Å². The molecule has 1 aliphatic rings. The molecule has 1 aliphatic heterocycles. The quantitative estimate of drug-likeness (QED) is 0.797. The first kappa shape index (κ1) is 20.1. The second-order valence-electron chi connectivity index (χ2n) is 7.00. The standard InChI is InChI=1S/C22H28FN3O2/c1-28-20-8-6-18(7-9-20)11-13-25-14-16-26(17-15-25)22(27)24-12-10-19-4-2-3-5-21(19)23/h2-9H,10-17H2,1H3,(H,24,27). The van der Waals surface area contributed by atoms with Gasteiger partial charge in [0.15, 0.2) is 0 Å². The number of hydrogen-bond acceptors (Lipinski definition) is 3. The molecule has 2 aromatic rings. The van der Waals surface area contributed by atoms with Crippen LogP contribution in [0.4, 0.5) is 9.18 Å². The molecule has 1 saturated heterocycles. The third-order valence-corrected chi connectivity index (χ3v) is 5.16. The highest BCUT2D eigenvalue weighted by atomic mass is 19.1. The third kappa shape index (κ3) is 5.70. The summed E-state index contributed by atoms with van der Waals surface area (Å²) in [6, 6.07) is 14.8. The lowest BCUT2D eigenvalue weighted by molar-refractivity contribution is 0.140. The average Bonchev–Trinajstić information content (AvgIpc) is 2.74. The van der Waals surface area contributed by atoms with E-state index in [-0.39, 0.29) is 11.8 Å². The van der Waals surface area contributed by atoms with Crippen LogP contribution in [0.1, 0.15) is 11.1 Å². The van der Waals surface area contributed by atoms with Gasteiger partial charge in [-0.1, -0.05) is 30.3 Å². The molecule has 0 spiro atoms. The van der Waals surface area contributed by atoms with Crippen LogP contribution < -0.4 is 10.1 Å². The molecular weight excluding hydrogens is 357 g/mol. The molecule has 0 aliphatic carbocycles. The molecule has 28 heavy (non-hydrogen) atoms. The van der Waals surface area contributed by atoms with Crippen LogP contribution in [0, 0.1) is 5.82 Å². The predicted octanol–water partition coefficient (Wildman–Crippen LogP) is 2.95. The van der Waals surface area contributed by atoms with Gasteiger partial charge in [-0.3, -0.25) is 4.90 Å². The van der Waals surface area contributed by atoms with Crippen molar-refractivity contribution in [3.05, 3.63) is 65.5 Å². The number of benzene rings is 2. The van der Waals surface area contributed by atoms with Gasteiger partial charge in [0, 0.05) is 39.3 Å². The summed E-state index contributed by atoms with van der Waals surface area (Å²) in [4.78, 5) is 16.5. The van der Waals surface area contributed by atoms with Crippen molar-refractivity contribution >= 4 is 6.03 Å². The second kappa shape index (κ2) is 10.1. The van der Waals surface area contributed by atoms with Crippen LogP contribution >= 0.6 is 0 Å². The van der Waals surface area contributed by atoms with E-state index in [1.165, 1.54) is 11.6 Å². The van der Waals surface area contributed by atoms with Gasteiger partial charge in [-0.25, -0.2) is 9.18 Å². The van der Waals surface area contributed by atoms with Crippen LogP contribution in [0.5, 0.6) is 5.75 Å². The SMILES string of the molecule is COc1ccc(CCN2CCN(C(=O)NCCc3ccccc3F)CC2)cc1. The van der Waals surface area contributed by atoms with E-state index in [9.17, 15) is 9.18 Å². The number of rotatable bonds is 7. The number of piperazine rings is 1. The zero-order chi connectivity index (χ0) is 19.8. The van der Waals surface area contributed by atoms with E-state index < -0.39 is 0 Å². The monoisotopic (exact) mass is 385 g/mol. The van der Waals surface area contributed by atoms with Crippen LogP contribution in [0.3, 0.4) is 0 Å². The van der Waals surface area contributed by atoms with Gasteiger partial charge in [0.1, 0.15) is 11.6 Å². The fourth-order valence-electron chi connectivity index (χ4n) is 3.37. The van der Waals surface area contributed by atoms with Crippen molar-refractivity contribution in [2.24, 2.45) is 0 Å². The summed E-state index contributed by atoms with van der Waals surface area (Å²) in [5.41, 5.74) is 1.92. The first-order chi connectivity index (χ1) is 13.7. The molecule has 150 valence electrons. The van der Waals surface area contributed by atoms with Crippen molar-refractivity contribution in [1.82, 2.24) is 15.1 Å². The molecule has 0 atom stereocenters. The molecule has 3 rings (SSSR count). The van der Waals surface area contributed by atoms with Crippen molar-refractivity contribution in [3.8, 4) is 5.75 Å². The molecule has 2 amide bonds. The number of urea groups is 1. The number of methoxy groups -OCH3 is 1. The summed E-state index contributed by atoms with van der Waals surface area (Å²) in [5, 5.41) is 2.90. The highest BCUT2D eigenvalue weighted by Gasteiger charge is 2.20. The fraction of sp³-hybridized carbons (Fsp3) is 0.409. The Bertz CT molecular complexity index is 759. The summed E-state index contributed by atoms with van der Waals surface area (Å²) in [5.74, 6) is 0.653. The number of halogens is 1. The molecular formula is C22H28FN3O2. The number of amides is 2. The van der Waals surface area contributed by atoms with Crippen molar-refractivity contribution in [2.45, 2.75) is 12.8 Å². The molecule has 0 saturated carbocycles. The predicted molar refractivity (Wildman–Crippen MR) is 108 cm³/mol. The normalized spacial score (nSPS) is 14.7. The number of nitrogens with zero attached hydrogens (tertiary/aromatic N) is 2. The van der Waals surface area contributed by atoms with E-state index >= 15 is 0 Å². The van der Waals surface area contributed by atoms with Gasteiger partial charge in [-0.15, -0.1) is 0 Å². The Morgan fingerprint density at radius 3 is 2.43 bits per heavy atom. The minimum atomic E-state index is -0.220. The number of hydrogen-bond donors (Lipinski definition) is 1. The Balaban J connectivity index is 1.34.